The molecule has 10 heteroatoms. The van der Waals surface area contributed by atoms with Crippen molar-refractivity contribution >= 4 is 29.1 Å². The van der Waals surface area contributed by atoms with E-state index in [2.05, 4.69) is 20.6 Å². The molecule has 2 aromatic rings. The van der Waals surface area contributed by atoms with Gasteiger partial charge in [-0.15, -0.1) is 0 Å². The third-order valence-electron chi connectivity index (χ3n) is 3.91. The number of hydrogen-bond donors (Lipinski definition) is 2. The number of rotatable bonds is 4. The van der Waals surface area contributed by atoms with Crippen molar-refractivity contribution in [3.05, 3.63) is 35.9 Å². The Morgan fingerprint density at radius 3 is 2.65 bits per heavy atom. The van der Waals surface area contributed by atoms with E-state index in [4.69, 9.17) is 16.6 Å². The smallest absolute Gasteiger partial charge is 0.433 e. The molecule has 1 aliphatic heterocycles. The maximum atomic E-state index is 13.2. The molecule has 3 heterocycles. The standard InChI is InChI=1S/C16H18F3N5OS/c17-16(18,19)12-9-13(24-6-2-1-3-7-24)22-14(21-12)23-15(26)20-10-11-5-4-8-25-11/h4-5,8-9H,1-3,6-7,10H2,(H2,20,21,22,23,26). The van der Waals surface area contributed by atoms with Gasteiger partial charge < -0.3 is 20.0 Å². The van der Waals surface area contributed by atoms with Gasteiger partial charge in [0.1, 0.15) is 11.6 Å². The Labute approximate surface area is 153 Å². The predicted molar refractivity (Wildman–Crippen MR) is 94.9 cm³/mol. The molecule has 26 heavy (non-hydrogen) atoms. The van der Waals surface area contributed by atoms with Gasteiger partial charge in [0.05, 0.1) is 12.8 Å². The molecule has 0 saturated carbocycles. The molecule has 2 aromatic heterocycles. The number of anilines is 2. The molecule has 1 aliphatic rings. The first-order valence-electron chi connectivity index (χ1n) is 8.20. The third-order valence-corrected chi connectivity index (χ3v) is 4.16. The molecule has 2 N–H and O–H groups in total. The maximum Gasteiger partial charge on any atom is 0.433 e. The highest BCUT2D eigenvalue weighted by Gasteiger charge is 2.34. The Morgan fingerprint density at radius 2 is 2.00 bits per heavy atom. The van der Waals surface area contributed by atoms with E-state index in [0.717, 1.165) is 25.3 Å². The third kappa shape index (κ3) is 4.84. The summed E-state index contributed by atoms with van der Waals surface area (Å²) in [6.07, 6.45) is -0.116. The largest absolute Gasteiger partial charge is 0.467 e. The molecule has 0 atom stereocenters. The maximum absolute atomic E-state index is 13.2. The van der Waals surface area contributed by atoms with Gasteiger partial charge in [0.15, 0.2) is 10.8 Å². The second kappa shape index (κ2) is 7.90. The second-order valence-electron chi connectivity index (χ2n) is 5.87. The van der Waals surface area contributed by atoms with Gasteiger partial charge in [-0.05, 0) is 43.6 Å². The lowest BCUT2D eigenvalue weighted by molar-refractivity contribution is -0.141. The van der Waals surface area contributed by atoms with Crippen LogP contribution in [-0.2, 0) is 12.7 Å². The summed E-state index contributed by atoms with van der Waals surface area (Å²) in [5, 5.41) is 5.58. The van der Waals surface area contributed by atoms with Gasteiger partial charge in [0.2, 0.25) is 5.95 Å². The number of nitrogens with zero attached hydrogens (tertiary/aromatic N) is 3. The number of thiocarbonyl (C=S) groups is 1. The fourth-order valence-electron chi connectivity index (χ4n) is 2.65. The summed E-state index contributed by atoms with van der Waals surface area (Å²) in [5.41, 5.74) is -0.996. The fraction of sp³-hybridized carbons (Fsp3) is 0.438. The van der Waals surface area contributed by atoms with Crippen molar-refractivity contribution in [3.8, 4) is 0 Å². The topological polar surface area (TPSA) is 66.2 Å². The van der Waals surface area contributed by atoms with E-state index < -0.39 is 11.9 Å². The zero-order valence-corrected chi connectivity index (χ0v) is 14.7. The number of halogens is 3. The zero-order chi connectivity index (χ0) is 18.6. The molecule has 1 fully saturated rings. The van der Waals surface area contributed by atoms with Crippen LogP contribution in [0.15, 0.2) is 28.9 Å². The van der Waals surface area contributed by atoms with E-state index >= 15 is 0 Å². The summed E-state index contributed by atoms with van der Waals surface area (Å²) >= 11 is 5.11. The van der Waals surface area contributed by atoms with Crippen molar-refractivity contribution in [1.29, 1.82) is 0 Å². The zero-order valence-electron chi connectivity index (χ0n) is 13.8. The molecule has 0 bridgehead atoms. The van der Waals surface area contributed by atoms with E-state index in [0.29, 0.717) is 25.4 Å². The summed E-state index contributed by atoms with van der Waals surface area (Å²) < 4.78 is 44.7. The van der Waals surface area contributed by atoms with Gasteiger partial charge in [-0.1, -0.05) is 0 Å². The van der Waals surface area contributed by atoms with Crippen LogP contribution in [-0.4, -0.2) is 28.2 Å². The molecule has 1 saturated heterocycles. The minimum atomic E-state index is -4.56. The Kier molecular flexibility index (Phi) is 5.60. The molecule has 0 amide bonds. The lowest BCUT2D eigenvalue weighted by Gasteiger charge is -2.28. The van der Waals surface area contributed by atoms with Crippen molar-refractivity contribution < 1.29 is 17.6 Å². The molecule has 140 valence electrons. The summed E-state index contributed by atoms with van der Waals surface area (Å²) in [5.74, 6) is 0.716. The molecule has 3 rings (SSSR count). The van der Waals surface area contributed by atoms with E-state index in [9.17, 15) is 13.2 Å². The Bertz CT molecular complexity index is 745. The van der Waals surface area contributed by atoms with E-state index in [1.807, 2.05) is 4.90 Å². The van der Waals surface area contributed by atoms with E-state index in [1.54, 1.807) is 12.1 Å². The van der Waals surface area contributed by atoms with Crippen molar-refractivity contribution in [1.82, 2.24) is 15.3 Å². The van der Waals surface area contributed by atoms with Gasteiger partial charge in [-0.25, -0.2) is 4.98 Å². The van der Waals surface area contributed by atoms with Crippen molar-refractivity contribution in [2.75, 3.05) is 23.3 Å². The second-order valence-corrected chi connectivity index (χ2v) is 6.28. The average Bonchev–Trinajstić information content (AvgIpc) is 3.13. The average molecular weight is 385 g/mol. The first-order chi connectivity index (χ1) is 12.4. The Hall–Kier alpha value is -2.36. The molecule has 0 aromatic carbocycles. The number of aromatic nitrogens is 2. The quantitative estimate of drug-likeness (QED) is 0.780. The minimum absolute atomic E-state index is 0.116. The summed E-state index contributed by atoms with van der Waals surface area (Å²) in [4.78, 5) is 9.61. The first kappa shape index (κ1) is 18.4. The lowest BCUT2D eigenvalue weighted by atomic mass is 10.1. The number of furan rings is 1. The van der Waals surface area contributed by atoms with Crippen LogP contribution in [0.4, 0.5) is 24.9 Å². The monoisotopic (exact) mass is 385 g/mol. The van der Waals surface area contributed by atoms with E-state index in [1.165, 1.54) is 6.26 Å². The van der Waals surface area contributed by atoms with Crippen molar-refractivity contribution in [3.63, 3.8) is 0 Å². The van der Waals surface area contributed by atoms with Crippen LogP contribution in [0.2, 0.25) is 0 Å². The molecule has 6 nitrogen and oxygen atoms in total. The van der Waals surface area contributed by atoms with Gasteiger partial charge in [-0.3, -0.25) is 0 Å². The number of alkyl halides is 3. The van der Waals surface area contributed by atoms with Crippen LogP contribution in [0.25, 0.3) is 0 Å². The van der Waals surface area contributed by atoms with Gasteiger partial charge >= 0.3 is 6.18 Å². The number of nitrogens with one attached hydrogen (secondary N) is 2. The summed E-state index contributed by atoms with van der Waals surface area (Å²) in [6, 6.07) is 4.47. The Balaban J connectivity index is 1.75. The van der Waals surface area contributed by atoms with Gasteiger partial charge in [-0.2, -0.15) is 18.2 Å². The van der Waals surface area contributed by atoms with Crippen molar-refractivity contribution in [2.45, 2.75) is 32.0 Å². The van der Waals surface area contributed by atoms with Crippen LogP contribution in [0.1, 0.15) is 30.7 Å². The summed E-state index contributed by atoms with van der Waals surface area (Å²) in [7, 11) is 0. The highest BCUT2D eigenvalue weighted by atomic mass is 32.1. The molecule has 0 radical (unpaired) electrons. The van der Waals surface area contributed by atoms with Crippen LogP contribution in [0.5, 0.6) is 0 Å². The minimum Gasteiger partial charge on any atom is -0.467 e. The van der Waals surface area contributed by atoms with E-state index in [-0.39, 0.29) is 16.9 Å². The highest BCUT2D eigenvalue weighted by Crippen LogP contribution is 2.31. The molecule has 0 spiro atoms. The molecule has 0 unspecified atom stereocenters. The predicted octanol–water partition coefficient (Wildman–Crippen LogP) is 3.57. The van der Waals surface area contributed by atoms with Crippen LogP contribution in [0.3, 0.4) is 0 Å². The molecule has 0 aliphatic carbocycles. The number of piperidine rings is 1. The summed E-state index contributed by atoms with van der Waals surface area (Å²) in [6.45, 7) is 1.65. The SMILES string of the molecule is FC(F)(F)c1cc(N2CCCCC2)nc(NC(=S)NCc2ccco2)n1. The number of hydrogen-bond acceptors (Lipinski definition) is 5. The van der Waals surface area contributed by atoms with Crippen LogP contribution >= 0.6 is 12.2 Å². The van der Waals surface area contributed by atoms with Crippen LogP contribution in [0, 0.1) is 0 Å². The highest BCUT2D eigenvalue weighted by molar-refractivity contribution is 7.80. The fourth-order valence-corrected chi connectivity index (χ4v) is 2.81. The lowest BCUT2D eigenvalue weighted by Crippen LogP contribution is -2.32. The normalized spacial score (nSPS) is 15.0. The molecular formula is C16H18F3N5OS. The molecular weight excluding hydrogens is 367 g/mol. The van der Waals surface area contributed by atoms with Crippen LogP contribution < -0.4 is 15.5 Å². The van der Waals surface area contributed by atoms with Crippen molar-refractivity contribution in [2.24, 2.45) is 0 Å². The first-order valence-corrected chi connectivity index (χ1v) is 8.61. The Morgan fingerprint density at radius 1 is 1.23 bits per heavy atom. The van der Waals surface area contributed by atoms with Gasteiger partial charge in [0, 0.05) is 19.2 Å². The van der Waals surface area contributed by atoms with Gasteiger partial charge in [0.25, 0.3) is 0 Å².